The standard InChI is InChI=1S/C20H31N2O5PS/c1-16-10-12-19(13-11-16)29(24,25)21-17(2)22(18-8-6-5-7-9-18)28(23)26-14-20(3,4)15-27-28/h10-13,18H,5-9,14-15H2,1-4H3/b21-17+. The SMILES string of the molecule is C/C(=N\S(=O)(=O)c1ccc(C)cc1)N(C1CCCCC1)P1(=O)OCC(C)(C)CO1. The van der Waals surface area contributed by atoms with Crippen molar-refractivity contribution in [3.05, 3.63) is 29.8 Å². The van der Waals surface area contributed by atoms with Crippen molar-refractivity contribution in [2.75, 3.05) is 13.2 Å². The summed E-state index contributed by atoms with van der Waals surface area (Å²) in [6.45, 7) is 7.98. The van der Waals surface area contributed by atoms with Gasteiger partial charge in [0.15, 0.2) is 0 Å². The zero-order chi connectivity index (χ0) is 21.3. The lowest BCUT2D eigenvalue weighted by molar-refractivity contribution is 0.0230. The highest BCUT2D eigenvalue weighted by molar-refractivity contribution is 7.90. The average molecular weight is 443 g/mol. The fourth-order valence-electron chi connectivity index (χ4n) is 3.66. The molecule has 0 unspecified atom stereocenters. The molecule has 7 nitrogen and oxygen atoms in total. The normalized spacial score (nSPS) is 23.0. The van der Waals surface area contributed by atoms with E-state index in [0.29, 0.717) is 0 Å². The topological polar surface area (TPSA) is 85.3 Å². The lowest BCUT2D eigenvalue weighted by Gasteiger charge is -2.43. The Labute approximate surface area is 174 Å². The number of aryl methyl sites for hydroxylation is 1. The van der Waals surface area contributed by atoms with E-state index in [9.17, 15) is 13.0 Å². The predicted octanol–water partition coefficient (Wildman–Crippen LogP) is 4.92. The Balaban J connectivity index is 1.96. The molecule has 1 saturated carbocycles. The van der Waals surface area contributed by atoms with Gasteiger partial charge in [-0.1, -0.05) is 50.8 Å². The van der Waals surface area contributed by atoms with E-state index in [-0.39, 0.29) is 35.4 Å². The van der Waals surface area contributed by atoms with Gasteiger partial charge in [-0.25, -0.2) is 4.57 Å². The number of amidine groups is 1. The molecule has 2 aliphatic rings. The molecule has 3 rings (SSSR count). The minimum Gasteiger partial charge on any atom is -0.291 e. The Bertz CT molecular complexity index is 891. The van der Waals surface area contributed by atoms with Crippen molar-refractivity contribution < 1.29 is 22.0 Å². The molecule has 1 aromatic carbocycles. The summed E-state index contributed by atoms with van der Waals surface area (Å²) in [5.74, 6) is 0.153. The molecule has 0 bridgehead atoms. The van der Waals surface area contributed by atoms with Gasteiger partial charge in [0.05, 0.1) is 18.1 Å². The Hall–Kier alpha value is -1.21. The maximum Gasteiger partial charge on any atom is 0.436 e. The highest BCUT2D eigenvalue weighted by Gasteiger charge is 2.45. The molecule has 9 heteroatoms. The molecular formula is C20H31N2O5PS. The van der Waals surface area contributed by atoms with Gasteiger partial charge < -0.3 is 0 Å². The molecule has 29 heavy (non-hydrogen) atoms. The Kier molecular flexibility index (Phi) is 6.59. The highest BCUT2D eigenvalue weighted by atomic mass is 32.2. The molecule has 1 heterocycles. The first-order valence-electron chi connectivity index (χ1n) is 10.1. The molecule has 0 N–H and O–H groups in total. The summed E-state index contributed by atoms with van der Waals surface area (Å²) < 4.78 is 56.3. The predicted molar refractivity (Wildman–Crippen MR) is 113 cm³/mol. The molecular weight excluding hydrogens is 411 g/mol. The van der Waals surface area contributed by atoms with E-state index in [4.69, 9.17) is 9.05 Å². The molecule has 162 valence electrons. The Morgan fingerprint density at radius 3 is 2.21 bits per heavy atom. The zero-order valence-corrected chi connectivity index (χ0v) is 19.3. The number of nitrogens with zero attached hydrogens (tertiary/aromatic N) is 2. The monoisotopic (exact) mass is 442 g/mol. The zero-order valence-electron chi connectivity index (χ0n) is 17.6. The summed E-state index contributed by atoms with van der Waals surface area (Å²) in [5, 5.41) is 0. The van der Waals surface area contributed by atoms with Crippen molar-refractivity contribution in [2.24, 2.45) is 9.81 Å². The first-order valence-corrected chi connectivity index (χ1v) is 13.0. The summed E-state index contributed by atoms with van der Waals surface area (Å²) >= 11 is 0. The van der Waals surface area contributed by atoms with E-state index in [0.717, 1.165) is 37.7 Å². The van der Waals surface area contributed by atoms with Crippen LogP contribution in [0, 0.1) is 12.3 Å². The van der Waals surface area contributed by atoms with Gasteiger partial charge in [-0.15, -0.1) is 4.40 Å². The van der Waals surface area contributed by atoms with Crippen LogP contribution in [-0.4, -0.2) is 38.2 Å². The van der Waals surface area contributed by atoms with Crippen molar-refractivity contribution in [1.82, 2.24) is 4.67 Å². The molecule has 0 radical (unpaired) electrons. The highest BCUT2D eigenvalue weighted by Crippen LogP contribution is 2.59. The fraction of sp³-hybridized carbons (Fsp3) is 0.650. The van der Waals surface area contributed by atoms with Gasteiger partial charge in [-0.05, 0) is 38.8 Å². The van der Waals surface area contributed by atoms with Crippen molar-refractivity contribution in [2.45, 2.75) is 70.7 Å². The van der Waals surface area contributed by atoms with Crippen LogP contribution in [0.25, 0.3) is 0 Å². The summed E-state index contributed by atoms with van der Waals surface area (Å²) in [6, 6.07) is 6.41. The van der Waals surface area contributed by atoms with E-state index in [1.54, 1.807) is 19.1 Å². The van der Waals surface area contributed by atoms with E-state index in [2.05, 4.69) is 4.40 Å². The minimum absolute atomic E-state index is 0.107. The first kappa shape index (κ1) is 22.5. The van der Waals surface area contributed by atoms with Gasteiger partial charge in [0, 0.05) is 11.5 Å². The lowest BCUT2D eigenvalue weighted by Crippen LogP contribution is -2.42. The third kappa shape index (κ3) is 5.29. The molecule has 1 saturated heterocycles. The summed E-state index contributed by atoms with van der Waals surface area (Å²) in [7, 11) is -7.61. The fourth-order valence-corrected chi connectivity index (χ4v) is 7.12. The van der Waals surface area contributed by atoms with Crippen LogP contribution in [0.1, 0.15) is 58.4 Å². The second kappa shape index (κ2) is 8.50. The van der Waals surface area contributed by atoms with E-state index < -0.39 is 17.8 Å². The molecule has 0 atom stereocenters. The van der Waals surface area contributed by atoms with Crippen LogP contribution < -0.4 is 0 Å². The van der Waals surface area contributed by atoms with Crippen LogP contribution in [0.3, 0.4) is 0 Å². The summed E-state index contributed by atoms with van der Waals surface area (Å²) in [4.78, 5) is 0.107. The maximum atomic E-state index is 13.6. The van der Waals surface area contributed by atoms with Crippen LogP contribution in [0.15, 0.2) is 33.6 Å². The second-order valence-electron chi connectivity index (χ2n) is 8.74. The maximum absolute atomic E-state index is 13.6. The molecule has 1 aliphatic heterocycles. The molecule has 1 aromatic rings. The number of hydrogen-bond acceptors (Lipinski definition) is 5. The molecule has 2 fully saturated rings. The van der Waals surface area contributed by atoms with Crippen LogP contribution >= 0.6 is 7.75 Å². The first-order chi connectivity index (χ1) is 13.5. The van der Waals surface area contributed by atoms with Crippen LogP contribution in [0.5, 0.6) is 0 Å². The summed E-state index contributed by atoms with van der Waals surface area (Å²) in [5.41, 5.74) is 0.718. The van der Waals surface area contributed by atoms with Crippen LogP contribution in [0.2, 0.25) is 0 Å². The van der Waals surface area contributed by atoms with Gasteiger partial charge in [-0.2, -0.15) is 8.42 Å². The lowest BCUT2D eigenvalue weighted by atomic mass is 9.95. The van der Waals surface area contributed by atoms with Gasteiger partial charge in [0.25, 0.3) is 10.0 Å². The number of hydrogen-bond donors (Lipinski definition) is 0. The third-order valence-electron chi connectivity index (χ3n) is 5.32. The molecule has 0 aromatic heterocycles. The Morgan fingerprint density at radius 2 is 1.66 bits per heavy atom. The molecule has 0 spiro atoms. The quantitative estimate of drug-likeness (QED) is 0.374. The summed E-state index contributed by atoms with van der Waals surface area (Å²) in [6.07, 6.45) is 4.70. The second-order valence-corrected chi connectivity index (χ2v) is 12.2. The molecule has 0 amide bonds. The van der Waals surface area contributed by atoms with Gasteiger partial charge >= 0.3 is 7.75 Å². The van der Waals surface area contributed by atoms with Crippen LogP contribution in [-0.2, 0) is 23.6 Å². The smallest absolute Gasteiger partial charge is 0.291 e. The van der Waals surface area contributed by atoms with E-state index >= 15 is 0 Å². The van der Waals surface area contributed by atoms with Crippen molar-refractivity contribution >= 4 is 23.6 Å². The van der Waals surface area contributed by atoms with E-state index in [1.165, 1.54) is 16.8 Å². The van der Waals surface area contributed by atoms with Crippen LogP contribution in [0.4, 0.5) is 0 Å². The number of rotatable bonds is 4. The van der Waals surface area contributed by atoms with Crippen molar-refractivity contribution in [3.63, 3.8) is 0 Å². The van der Waals surface area contributed by atoms with Gasteiger partial charge in [0.2, 0.25) is 0 Å². The Morgan fingerprint density at radius 1 is 1.10 bits per heavy atom. The third-order valence-corrected chi connectivity index (χ3v) is 8.75. The minimum atomic E-state index is -3.93. The van der Waals surface area contributed by atoms with Gasteiger partial charge in [0.1, 0.15) is 5.84 Å². The molecule has 1 aliphatic carbocycles. The van der Waals surface area contributed by atoms with E-state index in [1.807, 2.05) is 20.8 Å². The van der Waals surface area contributed by atoms with Crippen molar-refractivity contribution in [3.8, 4) is 0 Å². The van der Waals surface area contributed by atoms with Crippen molar-refractivity contribution in [1.29, 1.82) is 0 Å². The average Bonchev–Trinajstić information content (AvgIpc) is 2.65. The largest absolute Gasteiger partial charge is 0.436 e. The number of benzene rings is 1. The number of sulfonamides is 1. The van der Waals surface area contributed by atoms with Gasteiger partial charge in [-0.3, -0.25) is 13.7 Å².